The molecule has 0 radical (unpaired) electrons. The summed E-state index contributed by atoms with van der Waals surface area (Å²) in [4.78, 5) is 17.2. The van der Waals surface area contributed by atoms with Gasteiger partial charge in [-0.05, 0) is 66.4 Å². The number of aromatic hydroxyl groups is 1. The highest BCUT2D eigenvalue weighted by molar-refractivity contribution is 6.03. The number of piperazine rings is 1. The number of β-lactam (4-membered cyclic amide) rings is 1. The molecule has 194 valence electrons. The number of halogens is 2. The maximum absolute atomic E-state index is 13.6. The summed E-state index contributed by atoms with van der Waals surface area (Å²) in [6.07, 6.45) is -0.164. The molecule has 2 saturated heterocycles. The summed E-state index contributed by atoms with van der Waals surface area (Å²) in [5.74, 6) is -1.28. The lowest BCUT2D eigenvalue weighted by atomic mass is 9.77. The fourth-order valence-corrected chi connectivity index (χ4v) is 5.33. The van der Waals surface area contributed by atoms with Crippen LogP contribution in [0.3, 0.4) is 0 Å². The minimum atomic E-state index is -0.844. The third-order valence-electron chi connectivity index (χ3n) is 7.35. The first kappa shape index (κ1) is 25.3. The van der Waals surface area contributed by atoms with E-state index in [-0.39, 0.29) is 17.5 Å². The van der Waals surface area contributed by atoms with Crippen LogP contribution in [0.25, 0.3) is 0 Å². The number of anilines is 1. The number of rotatable bonds is 8. The maximum atomic E-state index is 13.6. The molecule has 37 heavy (non-hydrogen) atoms. The Hall–Kier alpha value is -3.33. The molecule has 6 nitrogen and oxygen atoms in total. The Kier molecular flexibility index (Phi) is 7.50. The topological polar surface area (TPSA) is 76.0 Å². The van der Waals surface area contributed by atoms with Gasteiger partial charge in [-0.1, -0.05) is 24.3 Å². The Morgan fingerprint density at radius 2 is 1.59 bits per heavy atom. The molecule has 3 aromatic rings. The van der Waals surface area contributed by atoms with Gasteiger partial charge in [0, 0.05) is 44.0 Å². The molecule has 1 unspecified atom stereocenters. The lowest BCUT2D eigenvalue weighted by Gasteiger charge is -2.48. The predicted molar refractivity (Wildman–Crippen MR) is 137 cm³/mol. The zero-order chi connectivity index (χ0) is 25.9. The molecule has 2 aliphatic rings. The number of carbonyl (C=O) groups is 1. The second kappa shape index (κ2) is 11.0. The number of hydrogen-bond acceptors (Lipinski definition) is 5. The second-order valence-corrected chi connectivity index (χ2v) is 9.80. The van der Waals surface area contributed by atoms with E-state index >= 15 is 0 Å². The fourth-order valence-electron chi connectivity index (χ4n) is 5.33. The summed E-state index contributed by atoms with van der Waals surface area (Å²) >= 11 is 0. The number of aliphatic hydroxyl groups excluding tert-OH is 1. The van der Waals surface area contributed by atoms with Crippen molar-refractivity contribution in [2.24, 2.45) is 5.92 Å². The molecule has 0 aliphatic carbocycles. The van der Waals surface area contributed by atoms with Gasteiger partial charge in [0.25, 0.3) is 0 Å². The van der Waals surface area contributed by atoms with E-state index in [2.05, 4.69) is 10.2 Å². The Labute approximate surface area is 215 Å². The van der Waals surface area contributed by atoms with Gasteiger partial charge in [0.05, 0.1) is 18.1 Å². The van der Waals surface area contributed by atoms with Crippen LogP contribution in [0.5, 0.6) is 5.75 Å². The molecule has 8 heteroatoms. The van der Waals surface area contributed by atoms with Crippen molar-refractivity contribution in [3.05, 3.63) is 95.1 Å². The van der Waals surface area contributed by atoms with Gasteiger partial charge < -0.3 is 20.4 Å². The normalized spacial score (nSPS) is 21.1. The summed E-state index contributed by atoms with van der Waals surface area (Å²) < 4.78 is 26.8. The Bertz CT molecular complexity index is 1230. The first-order valence-electron chi connectivity index (χ1n) is 12.7. The van der Waals surface area contributed by atoms with E-state index in [0.717, 1.165) is 38.3 Å². The van der Waals surface area contributed by atoms with Crippen molar-refractivity contribution in [3.63, 3.8) is 0 Å². The highest BCUT2D eigenvalue weighted by Gasteiger charge is 2.49. The Morgan fingerprint density at radius 3 is 2.24 bits per heavy atom. The Balaban J connectivity index is 1.37. The van der Waals surface area contributed by atoms with Gasteiger partial charge in [-0.2, -0.15) is 0 Å². The lowest BCUT2D eigenvalue weighted by molar-refractivity contribution is -0.131. The maximum Gasteiger partial charge on any atom is 0.233 e. The largest absolute Gasteiger partial charge is 0.508 e. The van der Waals surface area contributed by atoms with Crippen LogP contribution >= 0.6 is 0 Å². The number of carbonyl (C=O) groups excluding carboxylic acids is 1. The number of benzene rings is 3. The van der Waals surface area contributed by atoms with Gasteiger partial charge in [-0.15, -0.1) is 0 Å². The molecule has 5 rings (SSSR count). The molecule has 0 spiro atoms. The number of amides is 1. The Morgan fingerprint density at radius 1 is 0.946 bits per heavy atom. The zero-order valence-corrected chi connectivity index (χ0v) is 20.5. The quantitative estimate of drug-likeness (QED) is 0.397. The molecule has 0 bridgehead atoms. The molecule has 0 aromatic heterocycles. The van der Waals surface area contributed by atoms with Crippen molar-refractivity contribution in [1.29, 1.82) is 0 Å². The van der Waals surface area contributed by atoms with Crippen LogP contribution in [-0.4, -0.2) is 47.2 Å². The summed E-state index contributed by atoms with van der Waals surface area (Å²) in [7, 11) is 0. The zero-order valence-electron chi connectivity index (χ0n) is 20.5. The third-order valence-corrected chi connectivity index (χ3v) is 7.35. The van der Waals surface area contributed by atoms with Crippen LogP contribution in [0.1, 0.15) is 41.7 Å². The summed E-state index contributed by atoms with van der Waals surface area (Å²) in [5.41, 5.74) is 2.75. The molecular weight excluding hydrogens is 476 g/mol. The smallest absolute Gasteiger partial charge is 0.233 e. The third kappa shape index (κ3) is 5.51. The van der Waals surface area contributed by atoms with Crippen LogP contribution < -0.4 is 10.2 Å². The van der Waals surface area contributed by atoms with Crippen molar-refractivity contribution in [2.75, 3.05) is 31.1 Å². The molecule has 3 aromatic carbocycles. The lowest BCUT2D eigenvalue weighted by Crippen LogP contribution is -2.55. The summed E-state index contributed by atoms with van der Waals surface area (Å²) in [6.45, 7) is 4.49. The van der Waals surface area contributed by atoms with Crippen molar-refractivity contribution in [3.8, 4) is 5.75 Å². The van der Waals surface area contributed by atoms with Crippen molar-refractivity contribution in [1.82, 2.24) is 10.2 Å². The number of nitrogens with one attached hydrogen (secondary N) is 1. The number of phenolic OH excluding ortho intramolecular Hbond substituents is 1. The van der Waals surface area contributed by atoms with Crippen molar-refractivity contribution >= 4 is 11.6 Å². The number of hydrogen-bond donors (Lipinski definition) is 3. The summed E-state index contributed by atoms with van der Waals surface area (Å²) in [5, 5.41) is 25.0. The predicted octanol–water partition coefficient (Wildman–Crippen LogP) is 4.29. The van der Waals surface area contributed by atoms with Crippen molar-refractivity contribution < 1.29 is 23.8 Å². The van der Waals surface area contributed by atoms with E-state index in [0.29, 0.717) is 29.7 Å². The second-order valence-electron chi connectivity index (χ2n) is 9.80. The highest BCUT2D eigenvalue weighted by atomic mass is 19.1. The van der Waals surface area contributed by atoms with E-state index in [1.807, 2.05) is 12.1 Å². The van der Waals surface area contributed by atoms with E-state index in [1.165, 1.54) is 36.4 Å². The van der Waals surface area contributed by atoms with Gasteiger partial charge in [-0.3, -0.25) is 9.69 Å². The van der Waals surface area contributed by atoms with E-state index in [9.17, 15) is 23.8 Å². The van der Waals surface area contributed by atoms with Crippen LogP contribution in [0.15, 0.2) is 66.7 Å². The molecule has 2 aliphatic heterocycles. The average Bonchev–Trinajstić information content (AvgIpc) is 2.90. The SMILES string of the molecule is O=C1C(CC[C@H](O)c2ccc(F)cc2)[C@@H](c2ccc(CN3CCNCC3)cc2O)N1c1ccc(F)cc1. The number of phenols is 1. The minimum absolute atomic E-state index is 0.112. The first-order chi connectivity index (χ1) is 17.9. The van der Waals surface area contributed by atoms with E-state index < -0.39 is 23.9 Å². The molecule has 2 fully saturated rings. The van der Waals surface area contributed by atoms with Gasteiger partial charge >= 0.3 is 0 Å². The van der Waals surface area contributed by atoms with Crippen LogP contribution in [0, 0.1) is 17.6 Å². The molecular formula is C29H31F2N3O3. The molecule has 3 atom stereocenters. The van der Waals surface area contributed by atoms with Gasteiger partial charge in [0.2, 0.25) is 5.91 Å². The fraction of sp³-hybridized carbons (Fsp3) is 0.345. The number of nitrogens with zero attached hydrogens (tertiary/aromatic N) is 2. The number of aliphatic hydroxyl groups is 1. The molecule has 0 saturated carbocycles. The van der Waals surface area contributed by atoms with Crippen LogP contribution in [0.4, 0.5) is 14.5 Å². The molecule has 2 heterocycles. The standard InChI is InChI=1S/C29H31F2N3O3/c30-21-4-2-20(3-5-21)26(35)12-11-25-28(34(29(25)37)23-8-6-22(31)7-9-23)24-10-1-19(17-27(24)36)18-33-15-13-32-14-16-33/h1-10,17,25-26,28,32,35-36H,11-16,18H2/t25?,26-,28+/m0/s1. The monoisotopic (exact) mass is 507 g/mol. The highest BCUT2D eigenvalue weighted by Crippen LogP contribution is 2.48. The van der Waals surface area contributed by atoms with Gasteiger partial charge in [-0.25, -0.2) is 8.78 Å². The van der Waals surface area contributed by atoms with Crippen LogP contribution in [-0.2, 0) is 11.3 Å². The first-order valence-corrected chi connectivity index (χ1v) is 12.7. The van der Waals surface area contributed by atoms with Crippen molar-refractivity contribution in [2.45, 2.75) is 31.5 Å². The summed E-state index contributed by atoms with van der Waals surface area (Å²) in [6, 6.07) is 16.5. The van der Waals surface area contributed by atoms with E-state index in [4.69, 9.17) is 0 Å². The van der Waals surface area contributed by atoms with E-state index in [1.54, 1.807) is 23.1 Å². The molecule has 1 amide bonds. The molecule has 3 N–H and O–H groups in total. The van der Waals surface area contributed by atoms with Gasteiger partial charge in [0.1, 0.15) is 17.4 Å². The van der Waals surface area contributed by atoms with Crippen LogP contribution in [0.2, 0.25) is 0 Å². The minimum Gasteiger partial charge on any atom is -0.508 e. The average molecular weight is 508 g/mol. The van der Waals surface area contributed by atoms with Gasteiger partial charge in [0.15, 0.2) is 0 Å².